The van der Waals surface area contributed by atoms with Crippen molar-refractivity contribution in [2.45, 2.75) is 89.4 Å². The number of carbonyl (C=O) groups excluding carboxylic acids is 3. The highest BCUT2D eigenvalue weighted by Gasteiger charge is 2.53. The molecule has 1 spiro atoms. The molecule has 1 atom stereocenters. The van der Waals surface area contributed by atoms with Crippen molar-refractivity contribution >= 4 is 18.0 Å². The number of hydrogen-bond donors (Lipinski definition) is 1. The summed E-state index contributed by atoms with van der Waals surface area (Å²) in [6, 6.07) is 0.00833. The molecule has 3 rings (SSSR count). The summed E-state index contributed by atoms with van der Waals surface area (Å²) in [5, 5.41) is 2.89. The fourth-order valence-electron chi connectivity index (χ4n) is 4.54. The first-order valence-corrected chi connectivity index (χ1v) is 10.2. The maximum Gasteiger partial charge on any atom is 0.407 e. The van der Waals surface area contributed by atoms with E-state index < -0.39 is 17.3 Å². The highest BCUT2D eigenvalue weighted by molar-refractivity contribution is 5.88. The number of nitrogens with one attached hydrogen (secondary N) is 1. The Balaban J connectivity index is 1.54. The van der Waals surface area contributed by atoms with Crippen LogP contribution in [0.2, 0.25) is 0 Å². The summed E-state index contributed by atoms with van der Waals surface area (Å²) in [5.41, 5.74) is -1.10. The van der Waals surface area contributed by atoms with Gasteiger partial charge in [-0.1, -0.05) is 6.42 Å². The van der Waals surface area contributed by atoms with E-state index in [0.29, 0.717) is 25.9 Å². The van der Waals surface area contributed by atoms with Crippen molar-refractivity contribution in [3.05, 3.63) is 0 Å². The molecule has 0 aromatic heterocycles. The molecule has 0 aromatic rings. The number of nitrogens with zero attached hydrogens (tertiary/aromatic N) is 1. The molecule has 2 heterocycles. The van der Waals surface area contributed by atoms with E-state index in [1.54, 1.807) is 0 Å². The van der Waals surface area contributed by atoms with Crippen molar-refractivity contribution in [3.8, 4) is 0 Å². The van der Waals surface area contributed by atoms with Gasteiger partial charge in [-0.15, -0.1) is 0 Å². The second kappa shape index (κ2) is 7.68. The minimum Gasteiger partial charge on any atom is -0.458 e. The van der Waals surface area contributed by atoms with Crippen molar-refractivity contribution in [1.29, 1.82) is 0 Å². The molecule has 0 aromatic carbocycles. The van der Waals surface area contributed by atoms with Gasteiger partial charge in [0.2, 0.25) is 5.91 Å². The Morgan fingerprint density at radius 1 is 1.15 bits per heavy atom. The molecule has 2 saturated heterocycles. The molecule has 1 unspecified atom stereocenters. The van der Waals surface area contributed by atoms with Crippen LogP contribution < -0.4 is 5.32 Å². The van der Waals surface area contributed by atoms with E-state index in [0.717, 1.165) is 32.1 Å². The second-order valence-corrected chi connectivity index (χ2v) is 9.10. The normalized spacial score (nSPS) is 26.0. The van der Waals surface area contributed by atoms with Crippen LogP contribution in [-0.2, 0) is 19.1 Å². The zero-order chi connectivity index (χ0) is 19.7. The van der Waals surface area contributed by atoms with E-state index in [1.165, 1.54) is 0 Å². The van der Waals surface area contributed by atoms with Gasteiger partial charge in [0.1, 0.15) is 11.2 Å². The summed E-state index contributed by atoms with van der Waals surface area (Å²) in [5.74, 6) is -0.545. The van der Waals surface area contributed by atoms with Gasteiger partial charge in [0.05, 0.1) is 12.3 Å². The Labute approximate surface area is 161 Å². The van der Waals surface area contributed by atoms with Crippen molar-refractivity contribution in [2.24, 2.45) is 5.92 Å². The predicted octanol–water partition coefficient (Wildman–Crippen LogP) is 2.77. The average molecular weight is 380 g/mol. The number of esters is 1. The molecule has 7 nitrogen and oxygen atoms in total. The highest BCUT2D eigenvalue weighted by atomic mass is 16.6. The lowest BCUT2D eigenvalue weighted by atomic mass is 9.75. The second-order valence-electron chi connectivity index (χ2n) is 9.10. The van der Waals surface area contributed by atoms with Gasteiger partial charge in [-0.25, -0.2) is 4.79 Å². The van der Waals surface area contributed by atoms with Crippen molar-refractivity contribution in [2.75, 3.05) is 13.1 Å². The smallest absolute Gasteiger partial charge is 0.407 e. The zero-order valence-corrected chi connectivity index (χ0v) is 16.7. The van der Waals surface area contributed by atoms with Crippen LogP contribution in [0.3, 0.4) is 0 Å². The molecule has 152 valence electrons. The standard InChI is InChI=1S/C20H32N2O5/c1-19(2,3)27-18(25)21-14-7-11-22(12-8-14)17(24)15-13-16(23)26-20(15)9-5-4-6-10-20/h14-15H,4-13H2,1-3H3,(H,21,25). The summed E-state index contributed by atoms with van der Waals surface area (Å²) in [7, 11) is 0. The van der Waals surface area contributed by atoms with Crippen LogP contribution in [0.4, 0.5) is 4.79 Å². The topological polar surface area (TPSA) is 84.9 Å². The minimum atomic E-state index is -0.571. The van der Waals surface area contributed by atoms with E-state index in [9.17, 15) is 14.4 Å². The van der Waals surface area contributed by atoms with E-state index >= 15 is 0 Å². The van der Waals surface area contributed by atoms with Gasteiger partial charge in [0, 0.05) is 19.1 Å². The van der Waals surface area contributed by atoms with Gasteiger partial charge in [-0.05, 0) is 59.3 Å². The summed E-state index contributed by atoms with van der Waals surface area (Å²) in [4.78, 5) is 38.8. The van der Waals surface area contributed by atoms with E-state index in [-0.39, 0.29) is 30.3 Å². The molecule has 7 heteroatoms. The lowest BCUT2D eigenvalue weighted by Gasteiger charge is -2.40. The van der Waals surface area contributed by atoms with Crippen molar-refractivity contribution in [1.82, 2.24) is 10.2 Å². The molecule has 2 amide bonds. The third-order valence-corrected chi connectivity index (χ3v) is 5.85. The fraction of sp³-hybridized carbons (Fsp3) is 0.850. The Morgan fingerprint density at radius 2 is 1.78 bits per heavy atom. The van der Waals surface area contributed by atoms with Crippen LogP contribution in [0.1, 0.15) is 72.1 Å². The first kappa shape index (κ1) is 20.0. The van der Waals surface area contributed by atoms with Crippen molar-refractivity contribution in [3.63, 3.8) is 0 Å². The van der Waals surface area contributed by atoms with Gasteiger partial charge in [-0.2, -0.15) is 0 Å². The van der Waals surface area contributed by atoms with Crippen molar-refractivity contribution < 1.29 is 23.9 Å². The Morgan fingerprint density at radius 3 is 2.37 bits per heavy atom. The Bertz CT molecular complexity index is 584. The molecule has 1 aliphatic carbocycles. The number of rotatable bonds is 2. The average Bonchev–Trinajstić information content (AvgIpc) is 2.89. The number of hydrogen-bond acceptors (Lipinski definition) is 5. The molecular formula is C20H32N2O5. The predicted molar refractivity (Wildman–Crippen MR) is 99.0 cm³/mol. The zero-order valence-electron chi connectivity index (χ0n) is 16.7. The van der Waals surface area contributed by atoms with Gasteiger partial charge >= 0.3 is 12.1 Å². The Kier molecular flexibility index (Phi) is 5.68. The van der Waals surface area contributed by atoms with E-state index in [4.69, 9.17) is 9.47 Å². The number of carbonyl (C=O) groups is 3. The lowest BCUT2D eigenvalue weighted by molar-refractivity contribution is -0.156. The summed E-state index contributed by atoms with van der Waals surface area (Å²) < 4.78 is 11.0. The van der Waals surface area contributed by atoms with Gasteiger partial charge in [-0.3, -0.25) is 9.59 Å². The lowest BCUT2D eigenvalue weighted by Crippen LogP contribution is -2.52. The summed E-state index contributed by atoms with van der Waals surface area (Å²) in [6.07, 6.45) is 5.94. The minimum absolute atomic E-state index is 0.00833. The summed E-state index contributed by atoms with van der Waals surface area (Å²) >= 11 is 0. The molecule has 1 N–H and O–H groups in total. The molecule has 2 aliphatic heterocycles. The van der Waals surface area contributed by atoms with E-state index in [1.807, 2.05) is 25.7 Å². The molecular weight excluding hydrogens is 348 g/mol. The number of amides is 2. The highest BCUT2D eigenvalue weighted by Crippen LogP contribution is 2.45. The molecule has 1 saturated carbocycles. The number of ether oxygens (including phenoxy) is 2. The third-order valence-electron chi connectivity index (χ3n) is 5.85. The maximum absolute atomic E-state index is 13.1. The monoisotopic (exact) mass is 380 g/mol. The largest absolute Gasteiger partial charge is 0.458 e. The molecule has 3 fully saturated rings. The van der Waals surface area contributed by atoms with Gasteiger partial charge in [0.15, 0.2) is 0 Å². The number of alkyl carbamates (subject to hydrolysis) is 1. The SMILES string of the molecule is CC(C)(C)OC(=O)NC1CCN(C(=O)C2CC(=O)OC23CCCCC3)CC1. The summed E-state index contributed by atoms with van der Waals surface area (Å²) in [6.45, 7) is 6.67. The molecule has 3 aliphatic rings. The number of likely N-dealkylation sites (tertiary alicyclic amines) is 1. The Hall–Kier alpha value is -1.79. The van der Waals surface area contributed by atoms with Crippen LogP contribution in [0.15, 0.2) is 0 Å². The van der Waals surface area contributed by atoms with Crippen LogP contribution in [0.25, 0.3) is 0 Å². The molecule has 27 heavy (non-hydrogen) atoms. The van der Waals surface area contributed by atoms with Crippen LogP contribution >= 0.6 is 0 Å². The van der Waals surface area contributed by atoms with E-state index in [2.05, 4.69) is 5.32 Å². The van der Waals surface area contributed by atoms with Crippen LogP contribution in [0.5, 0.6) is 0 Å². The van der Waals surface area contributed by atoms with Crippen LogP contribution in [0, 0.1) is 5.92 Å². The quantitative estimate of drug-likeness (QED) is 0.745. The maximum atomic E-state index is 13.1. The van der Waals surface area contributed by atoms with Gasteiger partial charge < -0.3 is 19.7 Å². The number of piperidine rings is 1. The third kappa shape index (κ3) is 4.74. The molecule has 0 bridgehead atoms. The first-order chi connectivity index (χ1) is 12.7. The first-order valence-electron chi connectivity index (χ1n) is 10.2. The van der Waals surface area contributed by atoms with Gasteiger partial charge in [0.25, 0.3) is 0 Å². The van der Waals surface area contributed by atoms with Crippen LogP contribution in [-0.4, -0.2) is 53.2 Å². The fourth-order valence-corrected chi connectivity index (χ4v) is 4.54. The molecule has 0 radical (unpaired) electrons.